The molecule has 0 amide bonds. The van der Waals surface area contributed by atoms with Crippen molar-refractivity contribution in [1.29, 1.82) is 0 Å². The van der Waals surface area contributed by atoms with Crippen LogP contribution in [0, 0.1) is 0 Å². The van der Waals surface area contributed by atoms with Crippen LogP contribution in [0.3, 0.4) is 0 Å². The monoisotopic (exact) mass is 188 g/mol. The van der Waals surface area contributed by atoms with Crippen LogP contribution in [0.15, 0.2) is 11.8 Å². The summed E-state index contributed by atoms with van der Waals surface area (Å²) in [7, 11) is 2.49. The molecule has 0 N–H and O–H groups in total. The van der Waals surface area contributed by atoms with E-state index in [-0.39, 0.29) is 12.2 Å². The minimum atomic E-state index is -0.778. The van der Waals surface area contributed by atoms with Gasteiger partial charge in [-0.1, -0.05) is 0 Å². The fraction of sp³-hybridized carbons (Fsp3) is 0.500. The minimum absolute atomic E-state index is 0.191. The Balaban J connectivity index is 4.52. The summed E-state index contributed by atoms with van der Waals surface area (Å²) in [5.41, 5.74) is -0.258. The molecule has 0 aromatic rings. The van der Waals surface area contributed by atoms with Crippen molar-refractivity contribution in [2.75, 3.05) is 20.8 Å². The third-order valence-corrected chi connectivity index (χ3v) is 1.14. The fourth-order valence-electron chi connectivity index (χ4n) is 0.616. The summed E-state index contributed by atoms with van der Waals surface area (Å²) < 4.78 is 13.5. The predicted molar refractivity (Wildman–Crippen MR) is 43.7 cm³/mol. The van der Waals surface area contributed by atoms with Gasteiger partial charge >= 0.3 is 11.9 Å². The van der Waals surface area contributed by atoms with Crippen LogP contribution in [0.25, 0.3) is 0 Å². The molecule has 5 heteroatoms. The largest absolute Gasteiger partial charge is 0.503 e. The van der Waals surface area contributed by atoms with Crippen molar-refractivity contribution in [2.24, 2.45) is 0 Å². The maximum Gasteiger partial charge on any atom is 0.348 e. The Morgan fingerprint density at radius 2 is 1.85 bits per heavy atom. The molecule has 74 valence electrons. The number of carbonyl (C=O) groups is 2. The quantitative estimate of drug-likeness (QED) is 0.208. The molecule has 0 bridgehead atoms. The van der Waals surface area contributed by atoms with Gasteiger partial charge in [0.05, 0.1) is 20.8 Å². The number of ether oxygens (including phenoxy) is 3. The van der Waals surface area contributed by atoms with Crippen LogP contribution in [0.5, 0.6) is 0 Å². The molecule has 0 radical (unpaired) electrons. The molecule has 13 heavy (non-hydrogen) atoms. The summed E-state index contributed by atoms with van der Waals surface area (Å²) in [5, 5.41) is 0. The standard InChI is InChI=1S/C8H12O5/c1-4-13-8(10)6(5-11-2)7(9)12-3/h5H,4H2,1-3H3/b6-5-. The van der Waals surface area contributed by atoms with Crippen molar-refractivity contribution in [3.05, 3.63) is 11.8 Å². The van der Waals surface area contributed by atoms with Crippen LogP contribution in [-0.4, -0.2) is 32.8 Å². The summed E-state index contributed by atoms with van der Waals surface area (Å²) in [6.45, 7) is 1.83. The van der Waals surface area contributed by atoms with Crippen molar-refractivity contribution >= 4 is 11.9 Å². The minimum Gasteiger partial charge on any atom is -0.503 e. The Labute approximate surface area is 76.3 Å². The van der Waals surface area contributed by atoms with Crippen LogP contribution in [0.4, 0.5) is 0 Å². The van der Waals surface area contributed by atoms with Gasteiger partial charge in [0.15, 0.2) is 5.57 Å². The van der Waals surface area contributed by atoms with E-state index < -0.39 is 11.9 Å². The van der Waals surface area contributed by atoms with E-state index in [1.807, 2.05) is 0 Å². The number of carbonyl (C=O) groups excluding carboxylic acids is 2. The summed E-state index contributed by atoms with van der Waals surface area (Å²) in [5.74, 6) is -1.53. The zero-order valence-electron chi connectivity index (χ0n) is 7.83. The highest BCUT2D eigenvalue weighted by Crippen LogP contribution is 2.01. The molecule has 5 nitrogen and oxygen atoms in total. The molecule has 0 aromatic carbocycles. The van der Waals surface area contributed by atoms with Gasteiger partial charge in [0, 0.05) is 0 Å². The van der Waals surface area contributed by atoms with Gasteiger partial charge in [-0.05, 0) is 6.92 Å². The summed E-state index contributed by atoms with van der Waals surface area (Å²) >= 11 is 0. The maximum absolute atomic E-state index is 11.1. The maximum atomic E-state index is 11.1. The van der Waals surface area contributed by atoms with Crippen molar-refractivity contribution in [3.8, 4) is 0 Å². The lowest BCUT2D eigenvalue weighted by Gasteiger charge is -2.03. The van der Waals surface area contributed by atoms with Gasteiger partial charge in [0.25, 0.3) is 0 Å². The predicted octanol–water partition coefficient (Wildman–Crippen LogP) is 0.253. The summed E-state index contributed by atoms with van der Waals surface area (Å²) in [6, 6.07) is 0. The van der Waals surface area contributed by atoms with E-state index in [0.29, 0.717) is 0 Å². The number of hydrogen-bond donors (Lipinski definition) is 0. The molecule has 0 saturated heterocycles. The lowest BCUT2D eigenvalue weighted by Crippen LogP contribution is -2.17. The molecule has 0 unspecified atom stereocenters. The second kappa shape index (κ2) is 6.05. The SMILES string of the molecule is CCOC(=O)/C(=C\OC)C(=O)OC. The van der Waals surface area contributed by atoms with E-state index in [0.717, 1.165) is 6.26 Å². The number of esters is 2. The molecule has 0 saturated carbocycles. The van der Waals surface area contributed by atoms with Gasteiger partial charge in [-0.25, -0.2) is 9.59 Å². The van der Waals surface area contributed by atoms with Gasteiger partial charge < -0.3 is 14.2 Å². The first-order valence-corrected chi connectivity index (χ1v) is 3.65. The molecule has 0 aliphatic heterocycles. The van der Waals surface area contributed by atoms with E-state index in [9.17, 15) is 9.59 Å². The van der Waals surface area contributed by atoms with E-state index >= 15 is 0 Å². The highest BCUT2D eigenvalue weighted by Gasteiger charge is 2.20. The normalized spacial score (nSPS) is 10.5. The Bertz CT molecular complexity index is 219. The van der Waals surface area contributed by atoms with Gasteiger partial charge in [0.2, 0.25) is 0 Å². The molecule has 0 aliphatic carbocycles. The fourth-order valence-corrected chi connectivity index (χ4v) is 0.616. The molecule has 0 aromatic heterocycles. The highest BCUT2D eigenvalue weighted by atomic mass is 16.5. The van der Waals surface area contributed by atoms with Crippen molar-refractivity contribution in [3.63, 3.8) is 0 Å². The summed E-state index contributed by atoms with van der Waals surface area (Å²) in [6.07, 6.45) is 0.990. The molecular formula is C8H12O5. The Morgan fingerprint density at radius 1 is 1.23 bits per heavy atom. The molecule has 0 fully saturated rings. The van der Waals surface area contributed by atoms with Gasteiger partial charge in [-0.15, -0.1) is 0 Å². The van der Waals surface area contributed by atoms with Crippen molar-refractivity contribution in [1.82, 2.24) is 0 Å². The molecule has 0 spiro atoms. The Morgan fingerprint density at radius 3 is 2.23 bits per heavy atom. The first-order chi connectivity index (χ1) is 6.17. The van der Waals surface area contributed by atoms with E-state index in [2.05, 4.69) is 14.2 Å². The van der Waals surface area contributed by atoms with Crippen molar-refractivity contribution < 1.29 is 23.8 Å². The number of hydrogen-bond acceptors (Lipinski definition) is 5. The molecule has 0 atom stereocenters. The molecular weight excluding hydrogens is 176 g/mol. The average Bonchev–Trinajstić information content (AvgIpc) is 2.13. The van der Waals surface area contributed by atoms with Crippen LogP contribution in [0.1, 0.15) is 6.92 Å². The van der Waals surface area contributed by atoms with Crippen LogP contribution in [-0.2, 0) is 23.8 Å². The molecule has 0 heterocycles. The highest BCUT2D eigenvalue weighted by molar-refractivity contribution is 6.13. The van der Waals surface area contributed by atoms with Crippen LogP contribution >= 0.6 is 0 Å². The zero-order chi connectivity index (χ0) is 10.3. The lowest BCUT2D eigenvalue weighted by molar-refractivity contribution is -0.145. The van der Waals surface area contributed by atoms with Crippen LogP contribution in [0.2, 0.25) is 0 Å². The molecule has 0 aliphatic rings. The molecule has 0 rings (SSSR count). The third kappa shape index (κ3) is 3.59. The summed E-state index contributed by atoms with van der Waals surface area (Å²) in [4.78, 5) is 22.0. The first-order valence-electron chi connectivity index (χ1n) is 3.65. The van der Waals surface area contributed by atoms with Gasteiger partial charge in [-0.2, -0.15) is 0 Å². The van der Waals surface area contributed by atoms with Gasteiger partial charge in [-0.3, -0.25) is 0 Å². The zero-order valence-corrected chi connectivity index (χ0v) is 7.83. The van der Waals surface area contributed by atoms with Gasteiger partial charge in [0.1, 0.15) is 6.26 Å². The first kappa shape index (κ1) is 11.5. The topological polar surface area (TPSA) is 61.8 Å². The smallest absolute Gasteiger partial charge is 0.348 e. The van der Waals surface area contributed by atoms with E-state index in [1.54, 1.807) is 6.92 Å². The third-order valence-electron chi connectivity index (χ3n) is 1.14. The van der Waals surface area contributed by atoms with E-state index in [1.165, 1.54) is 14.2 Å². The van der Waals surface area contributed by atoms with E-state index in [4.69, 9.17) is 0 Å². The second-order valence-corrected chi connectivity index (χ2v) is 1.98. The second-order valence-electron chi connectivity index (χ2n) is 1.98. The Hall–Kier alpha value is -1.52. The number of rotatable bonds is 4. The Kier molecular flexibility index (Phi) is 5.34. The van der Waals surface area contributed by atoms with Crippen molar-refractivity contribution in [2.45, 2.75) is 6.92 Å². The van der Waals surface area contributed by atoms with Crippen LogP contribution < -0.4 is 0 Å². The average molecular weight is 188 g/mol. The number of methoxy groups -OCH3 is 2. The lowest BCUT2D eigenvalue weighted by atomic mass is 10.3.